The highest BCUT2D eigenvalue weighted by molar-refractivity contribution is 4.84. The summed E-state index contributed by atoms with van der Waals surface area (Å²) < 4.78 is 0. The van der Waals surface area contributed by atoms with Crippen LogP contribution < -0.4 is 0 Å². The van der Waals surface area contributed by atoms with E-state index in [2.05, 4.69) is 26.0 Å². The summed E-state index contributed by atoms with van der Waals surface area (Å²) in [6, 6.07) is 0. The van der Waals surface area contributed by atoms with Crippen LogP contribution in [0, 0.1) is 23.7 Å². The smallest absolute Gasteiger partial charge is 0.0348 e. The van der Waals surface area contributed by atoms with Gasteiger partial charge in [-0.25, -0.2) is 0 Å². The third kappa shape index (κ3) is 4.93. The van der Waals surface area contributed by atoms with E-state index in [1.165, 1.54) is 38.5 Å². The molecule has 0 atom stereocenters. The predicted octanol–water partition coefficient (Wildman–Crippen LogP) is 6.76. The lowest BCUT2D eigenvalue weighted by Crippen LogP contribution is -2.25. The van der Waals surface area contributed by atoms with E-state index in [4.69, 9.17) is 0 Å². The first-order valence-corrected chi connectivity index (χ1v) is 9.44. The van der Waals surface area contributed by atoms with Crippen LogP contribution in [0.15, 0.2) is 12.2 Å². The Labute approximate surface area is 127 Å². The summed E-state index contributed by atoms with van der Waals surface area (Å²) in [6.07, 6.45) is 22.5. The number of hydrogen-bond donors (Lipinski definition) is 0. The van der Waals surface area contributed by atoms with Crippen molar-refractivity contribution in [1.82, 2.24) is 0 Å². The van der Waals surface area contributed by atoms with Gasteiger partial charge in [0.15, 0.2) is 0 Å². The molecule has 2 rings (SSSR count). The van der Waals surface area contributed by atoms with Gasteiger partial charge in [0.25, 0.3) is 0 Å². The molecule has 2 fully saturated rings. The maximum absolute atomic E-state index is 2.35. The monoisotopic (exact) mass is 276 g/mol. The van der Waals surface area contributed by atoms with E-state index in [1.54, 1.807) is 38.5 Å². The van der Waals surface area contributed by atoms with Crippen LogP contribution in [0.1, 0.15) is 90.9 Å². The van der Waals surface area contributed by atoms with Crippen LogP contribution in [0.25, 0.3) is 0 Å². The van der Waals surface area contributed by atoms with Gasteiger partial charge in [-0.2, -0.15) is 0 Å². The Balaban J connectivity index is 1.64. The van der Waals surface area contributed by atoms with E-state index in [0.29, 0.717) is 0 Å². The summed E-state index contributed by atoms with van der Waals surface area (Å²) in [7, 11) is 0. The Morgan fingerprint density at radius 2 is 1.25 bits per heavy atom. The van der Waals surface area contributed by atoms with Crippen molar-refractivity contribution in [3.8, 4) is 0 Å². The molecule has 0 N–H and O–H groups in total. The van der Waals surface area contributed by atoms with Gasteiger partial charge in [-0.15, -0.1) is 0 Å². The van der Waals surface area contributed by atoms with Gasteiger partial charge in [-0.3, -0.25) is 0 Å². The van der Waals surface area contributed by atoms with Crippen LogP contribution in [0.3, 0.4) is 0 Å². The normalized spacial score (nSPS) is 35.5. The highest BCUT2D eigenvalue weighted by Gasteiger charge is 2.30. The van der Waals surface area contributed by atoms with E-state index >= 15 is 0 Å². The van der Waals surface area contributed by atoms with E-state index in [-0.39, 0.29) is 0 Å². The van der Waals surface area contributed by atoms with Gasteiger partial charge >= 0.3 is 0 Å². The molecule has 0 saturated heterocycles. The first-order chi connectivity index (χ1) is 9.83. The second-order valence-electron chi connectivity index (χ2n) is 7.50. The maximum atomic E-state index is 2.35. The van der Waals surface area contributed by atoms with E-state index in [9.17, 15) is 0 Å². The molecule has 0 spiro atoms. The molecule has 0 heteroatoms. The molecule has 0 unspecified atom stereocenters. The highest BCUT2D eigenvalue weighted by Crippen LogP contribution is 2.42. The van der Waals surface area contributed by atoms with Gasteiger partial charge in [0.1, 0.15) is 0 Å². The summed E-state index contributed by atoms with van der Waals surface area (Å²) in [6.45, 7) is 4.49. The minimum Gasteiger partial charge on any atom is -0.0917 e. The van der Waals surface area contributed by atoms with Crippen molar-refractivity contribution in [3.05, 3.63) is 12.2 Å². The fourth-order valence-electron chi connectivity index (χ4n) is 4.80. The van der Waals surface area contributed by atoms with Crippen LogP contribution in [-0.2, 0) is 0 Å². The zero-order chi connectivity index (χ0) is 14.2. The Morgan fingerprint density at radius 1 is 0.750 bits per heavy atom. The van der Waals surface area contributed by atoms with Crippen molar-refractivity contribution in [1.29, 1.82) is 0 Å². The lowest BCUT2D eigenvalue weighted by molar-refractivity contribution is 0.141. The second kappa shape index (κ2) is 8.90. The van der Waals surface area contributed by atoms with Crippen molar-refractivity contribution in [3.63, 3.8) is 0 Å². The lowest BCUT2D eigenvalue weighted by Gasteiger charge is -2.38. The average molecular weight is 277 g/mol. The van der Waals surface area contributed by atoms with Crippen molar-refractivity contribution in [2.75, 3.05) is 0 Å². The Bertz CT molecular complexity index is 262. The predicted molar refractivity (Wildman–Crippen MR) is 89.9 cm³/mol. The lowest BCUT2D eigenvalue weighted by atomic mass is 9.68. The van der Waals surface area contributed by atoms with Gasteiger partial charge in [0.05, 0.1) is 0 Å². The number of hydrogen-bond acceptors (Lipinski definition) is 0. The second-order valence-corrected chi connectivity index (χ2v) is 7.50. The first kappa shape index (κ1) is 16.1. The van der Waals surface area contributed by atoms with Crippen molar-refractivity contribution >= 4 is 0 Å². The fourth-order valence-corrected chi connectivity index (χ4v) is 4.80. The highest BCUT2D eigenvalue weighted by atomic mass is 14.4. The fraction of sp³-hybridized carbons (Fsp3) is 0.900. The van der Waals surface area contributed by atoms with Crippen LogP contribution in [0.2, 0.25) is 0 Å². The van der Waals surface area contributed by atoms with E-state index in [1.807, 2.05) is 0 Å². The van der Waals surface area contributed by atoms with Crippen molar-refractivity contribution < 1.29 is 0 Å². The summed E-state index contributed by atoms with van der Waals surface area (Å²) in [5, 5.41) is 0. The molecule has 0 aromatic rings. The standard InChI is InChI=1S/C20H36/c1-3-5-6-8-18-11-15-20(16-12-18)19-13-9-17(7-4-2)10-14-19/h3,5,17-20H,4,6-16H2,1-2H3/b5-3+. The van der Waals surface area contributed by atoms with Gasteiger partial charge in [-0.1, -0.05) is 57.6 Å². The third-order valence-electron chi connectivity index (χ3n) is 6.12. The number of allylic oxidation sites excluding steroid dienone is 2. The molecule has 2 saturated carbocycles. The summed E-state index contributed by atoms with van der Waals surface area (Å²) >= 11 is 0. The summed E-state index contributed by atoms with van der Waals surface area (Å²) in [5.41, 5.74) is 0. The Morgan fingerprint density at radius 3 is 1.70 bits per heavy atom. The van der Waals surface area contributed by atoms with Crippen LogP contribution in [0.5, 0.6) is 0 Å². The summed E-state index contributed by atoms with van der Waals surface area (Å²) in [4.78, 5) is 0. The molecule has 0 aliphatic heterocycles. The molecule has 0 bridgehead atoms. The van der Waals surface area contributed by atoms with Gasteiger partial charge in [0.2, 0.25) is 0 Å². The molecule has 0 aromatic carbocycles. The minimum absolute atomic E-state index is 1.04. The molecule has 0 amide bonds. The van der Waals surface area contributed by atoms with Gasteiger partial charge in [0, 0.05) is 0 Å². The van der Waals surface area contributed by atoms with Crippen molar-refractivity contribution in [2.24, 2.45) is 23.7 Å². The van der Waals surface area contributed by atoms with Gasteiger partial charge in [-0.05, 0) is 69.1 Å². The van der Waals surface area contributed by atoms with Crippen molar-refractivity contribution in [2.45, 2.75) is 90.9 Å². The molecule has 2 aliphatic carbocycles. The van der Waals surface area contributed by atoms with Gasteiger partial charge < -0.3 is 0 Å². The Kier molecular flexibility index (Phi) is 7.17. The average Bonchev–Trinajstić information content (AvgIpc) is 2.49. The van der Waals surface area contributed by atoms with E-state index in [0.717, 1.165) is 23.7 Å². The summed E-state index contributed by atoms with van der Waals surface area (Å²) in [5.74, 6) is 4.31. The third-order valence-corrected chi connectivity index (χ3v) is 6.12. The minimum atomic E-state index is 1.04. The van der Waals surface area contributed by atoms with Crippen LogP contribution in [-0.4, -0.2) is 0 Å². The molecule has 20 heavy (non-hydrogen) atoms. The molecular formula is C20H36. The largest absolute Gasteiger partial charge is 0.0917 e. The molecule has 0 aromatic heterocycles. The zero-order valence-corrected chi connectivity index (χ0v) is 13.9. The molecule has 116 valence electrons. The molecule has 0 radical (unpaired) electrons. The van der Waals surface area contributed by atoms with Crippen LogP contribution in [0.4, 0.5) is 0 Å². The molecule has 0 heterocycles. The molecule has 0 nitrogen and oxygen atoms in total. The molecule has 2 aliphatic rings. The number of rotatable bonds is 6. The topological polar surface area (TPSA) is 0 Å². The quantitative estimate of drug-likeness (QED) is 0.470. The first-order valence-electron chi connectivity index (χ1n) is 9.44. The maximum Gasteiger partial charge on any atom is -0.0348 e. The van der Waals surface area contributed by atoms with Crippen LogP contribution >= 0.6 is 0 Å². The molecular weight excluding hydrogens is 240 g/mol. The SMILES string of the molecule is C/C=C/CCC1CCC(C2CCC(CCC)CC2)CC1. The zero-order valence-electron chi connectivity index (χ0n) is 13.9. The Hall–Kier alpha value is -0.260. The van der Waals surface area contributed by atoms with E-state index < -0.39 is 0 Å².